The summed E-state index contributed by atoms with van der Waals surface area (Å²) in [5.41, 5.74) is 3.67. The summed E-state index contributed by atoms with van der Waals surface area (Å²) in [6.07, 6.45) is 1.90. The Hall–Kier alpha value is -1.71. The van der Waals surface area contributed by atoms with Gasteiger partial charge in [-0.25, -0.2) is 0 Å². The summed E-state index contributed by atoms with van der Waals surface area (Å²) in [6, 6.07) is 12.9. The summed E-state index contributed by atoms with van der Waals surface area (Å²) in [5.74, 6) is 0. The molecule has 2 heterocycles. The molecule has 1 N–H and O–H groups in total. The molecule has 0 fully saturated rings. The highest BCUT2D eigenvalue weighted by Gasteiger charge is 2.15. The van der Waals surface area contributed by atoms with Gasteiger partial charge in [-0.2, -0.15) is 11.3 Å². The van der Waals surface area contributed by atoms with Gasteiger partial charge in [-0.3, -0.25) is 4.98 Å². The van der Waals surface area contributed by atoms with Gasteiger partial charge in [-0.05, 0) is 46.6 Å². The zero-order valence-electron chi connectivity index (χ0n) is 10.8. The second kappa shape index (κ2) is 5.51. The molecule has 3 aromatic rings. The van der Waals surface area contributed by atoms with E-state index in [4.69, 9.17) is 0 Å². The highest BCUT2D eigenvalue weighted by atomic mass is 32.1. The van der Waals surface area contributed by atoms with Crippen molar-refractivity contribution in [1.82, 2.24) is 10.3 Å². The van der Waals surface area contributed by atoms with Crippen LogP contribution in [0.1, 0.15) is 24.1 Å². The van der Waals surface area contributed by atoms with Crippen molar-refractivity contribution in [3.63, 3.8) is 0 Å². The summed E-state index contributed by atoms with van der Waals surface area (Å²) in [5, 5.41) is 9.14. The first kappa shape index (κ1) is 12.3. The fourth-order valence-electron chi connectivity index (χ4n) is 2.42. The van der Waals surface area contributed by atoms with E-state index in [0.717, 1.165) is 12.1 Å². The van der Waals surface area contributed by atoms with E-state index in [2.05, 4.69) is 58.3 Å². The summed E-state index contributed by atoms with van der Waals surface area (Å²) in [7, 11) is 0. The number of thiophene rings is 1. The van der Waals surface area contributed by atoms with Gasteiger partial charge in [-0.15, -0.1) is 0 Å². The molecule has 0 radical (unpaired) electrons. The largest absolute Gasteiger partial charge is 0.306 e. The highest BCUT2D eigenvalue weighted by Crippen LogP contribution is 2.29. The Morgan fingerprint density at radius 3 is 2.89 bits per heavy atom. The van der Waals surface area contributed by atoms with E-state index in [1.807, 2.05) is 12.3 Å². The second-order valence-corrected chi connectivity index (χ2v) is 5.24. The minimum Gasteiger partial charge on any atom is -0.306 e. The molecule has 1 aromatic carbocycles. The topological polar surface area (TPSA) is 24.9 Å². The van der Waals surface area contributed by atoms with Gasteiger partial charge in [0.15, 0.2) is 0 Å². The van der Waals surface area contributed by atoms with Crippen LogP contribution >= 0.6 is 11.3 Å². The number of benzene rings is 1. The van der Waals surface area contributed by atoms with Gasteiger partial charge in [0.25, 0.3) is 0 Å². The van der Waals surface area contributed by atoms with E-state index < -0.39 is 0 Å². The Bertz CT molecular complexity index is 656. The zero-order valence-corrected chi connectivity index (χ0v) is 11.7. The van der Waals surface area contributed by atoms with E-state index in [1.54, 1.807) is 11.3 Å². The minimum atomic E-state index is 0.240. The summed E-state index contributed by atoms with van der Waals surface area (Å²) < 4.78 is 0. The van der Waals surface area contributed by atoms with Crippen molar-refractivity contribution in [2.45, 2.75) is 13.0 Å². The van der Waals surface area contributed by atoms with Crippen LogP contribution in [0.4, 0.5) is 0 Å². The fourth-order valence-corrected chi connectivity index (χ4v) is 3.11. The normalized spacial score (nSPS) is 12.7. The molecule has 0 aliphatic rings. The van der Waals surface area contributed by atoms with Crippen molar-refractivity contribution in [3.8, 4) is 0 Å². The molecular weight excluding hydrogens is 252 g/mol. The number of pyridine rings is 1. The Kier molecular flexibility index (Phi) is 3.58. The van der Waals surface area contributed by atoms with Gasteiger partial charge in [0.05, 0.1) is 11.6 Å². The molecule has 1 unspecified atom stereocenters. The molecule has 1 atom stereocenters. The summed E-state index contributed by atoms with van der Waals surface area (Å²) >= 11 is 1.74. The Balaban J connectivity index is 2.15. The third-order valence-corrected chi connectivity index (χ3v) is 3.98. The number of hydrogen-bond acceptors (Lipinski definition) is 3. The van der Waals surface area contributed by atoms with Crippen LogP contribution < -0.4 is 5.32 Å². The lowest BCUT2D eigenvalue weighted by Gasteiger charge is -2.19. The molecule has 0 spiro atoms. The molecule has 0 bridgehead atoms. The lowest BCUT2D eigenvalue weighted by Crippen LogP contribution is -2.21. The van der Waals surface area contributed by atoms with Crippen molar-refractivity contribution >= 4 is 22.2 Å². The van der Waals surface area contributed by atoms with Gasteiger partial charge in [0, 0.05) is 11.6 Å². The predicted octanol–water partition coefficient (Wildman–Crippen LogP) is 4.00. The van der Waals surface area contributed by atoms with Crippen LogP contribution in [0.5, 0.6) is 0 Å². The average molecular weight is 268 g/mol. The molecule has 0 saturated heterocycles. The van der Waals surface area contributed by atoms with Crippen LogP contribution in [0.3, 0.4) is 0 Å². The number of aromatic nitrogens is 1. The molecule has 0 amide bonds. The monoisotopic (exact) mass is 268 g/mol. The lowest BCUT2D eigenvalue weighted by atomic mass is 9.97. The number of nitrogens with one attached hydrogen (secondary N) is 1. The van der Waals surface area contributed by atoms with E-state index in [1.165, 1.54) is 16.5 Å². The minimum absolute atomic E-state index is 0.240. The SMILES string of the molecule is CCNC(c1ccsc1)c1ccnc2ccccc12. The second-order valence-electron chi connectivity index (χ2n) is 4.46. The molecule has 3 rings (SSSR count). The van der Waals surface area contributed by atoms with Gasteiger partial charge < -0.3 is 5.32 Å². The Morgan fingerprint density at radius 1 is 1.21 bits per heavy atom. The maximum atomic E-state index is 4.44. The third kappa shape index (κ3) is 2.39. The van der Waals surface area contributed by atoms with Crippen molar-refractivity contribution in [1.29, 1.82) is 0 Å². The van der Waals surface area contributed by atoms with Crippen molar-refractivity contribution in [2.75, 3.05) is 6.54 Å². The standard InChI is InChI=1S/C16H16N2S/c1-2-17-16(12-8-10-19-11-12)14-7-9-18-15-6-4-3-5-13(14)15/h3-11,16-17H,2H2,1H3. The van der Waals surface area contributed by atoms with Crippen LogP contribution in [-0.4, -0.2) is 11.5 Å². The Labute approximate surface area is 117 Å². The van der Waals surface area contributed by atoms with Crippen LogP contribution in [0.15, 0.2) is 53.4 Å². The van der Waals surface area contributed by atoms with Crippen molar-refractivity contribution in [3.05, 3.63) is 64.5 Å². The van der Waals surface area contributed by atoms with Gasteiger partial charge >= 0.3 is 0 Å². The smallest absolute Gasteiger partial charge is 0.0705 e. The molecule has 96 valence electrons. The van der Waals surface area contributed by atoms with Gasteiger partial charge in [-0.1, -0.05) is 25.1 Å². The molecule has 0 saturated carbocycles. The third-order valence-electron chi connectivity index (χ3n) is 3.28. The van der Waals surface area contributed by atoms with Crippen molar-refractivity contribution in [2.24, 2.45) is 0 Å². The Morgan fingerprint density at radius 2 is 2.11 bits per heavy atom. The molecule has 2 aromatic heterocycles. The molecular formula is C16H16N2S. The van der Waals surface area contributed by atoms with Crippen LogP contribution in [0.2, 0.25) is 0 Å². The number of fused-ring (bicyclic) bond motifs is 1. The first-order chi connectivity index (χ1) is 9.40. The number of rotatable bonds is 4. The summed E-state index contributed by atoms with van der Waals surface area (Å²) in [6.45, 7) is 3.08. The maximum Gasteiger partial charge on any atom is 0.0705 e. The highest BCUT2D eigenvalue weighted by molar-refractivity contribution is 7.08. The average Bonchev–Trinajstić information content (AvgIpc) is 2.98. The van der Waals surface area contributed by atoms with E-state index in [0.29, 0.717) is 0 Å². The van der Waals surface area contributed by atoms with Gasteiger partial charge in [0.1, 0.15) is 0 Å². The van der Waals surface area contributed by atoms with Gasteiger partial charge in [0.2, 0.25) is 0 Å². The summed E-state index contributed by atoms with van der Waals surface area (Å²) in [4.78, 5) is 4.44. The number of para-hydroxylation sites is 1. The van der Waals surface area contributed by atoms with Crippen LogP contribution in [-0.2, 0) is 0 Å². The first-order valence-corrected chi connectivity index (χ1v) is 7.43. The molecule has 2 nitrogen and oxygen atoms in total. The molecule has 3 heteroatoms. The number of nitrogens with zero attached hydrogens (tertiary/aromatic N) is 1. The van der Waals surface area contributed by atoms with Crippen LogP contribution in [0, 0.1) is 0 Å². The van der Waals surface area contributed by atoms with E-state index in [-0.39, 0.29) is 6.04 Å². The molecule has 19 heavy (non-hydrogen) atoms. The zero-order chi connectivity index (χ0) is 13.1. The first-order valence-electron chi connectivity index (χ1n) is 6.49. The lowest BCUT2D eigenvalue weighted by molar-refractivity contribution is 0.636. The fraction of sp³-hybridized carbons (Fsp3) is 0.188. The van der Waals surface area contributed by atoms with Crippen molar-refractivity contribution < 1.29 is 0 Å². The molecule has 0 aliphatic carbocycles. The van der Waals surface area contributed by atoms with E-state index >= 15 is 0 Å². The van der Waals surface area contributed by atoms with E-state index in [9.17, 15) is 0 Å². The number of hydrogen-bond donors (Lipinski definition) is 1. The molecule has 0 aliphatic heterocycles. The van der Waals surface area contributed by atoms with Crippen LogP contribution in [0.25, 0.3) is 10.9 Å². The maximum absolute atomic E-state index is 4.44. The quantitative estimate of drug-likeness (QED) is 0.773. The predicted molar refractivity (Wildman–Crippen MR) is 81.6 cm³/mol.